The Kier molecular flexibility index (Phi) is 6.75. The molecule has 4 rings (SSSR count). The first-order valence-corrected chi connectivity index (χ1v) is 10.5. The number of cyclic esters (lactones) is 1. The number of anilines is 1. The number of amides is 2. The number of halogens is 1. The van der Waals surface area contributed by atoms with Crippen LogP contribution in [0.3, 0.4) is 0 Å². The second kappa shape index (κ2) is 9.86. The maximum Gasteiger partial charge on any atom is 0.414 e. The lowest BCUT2D eigenvalue weighted by Gasteiger charge is -2.17. The van der Waals surface area contributed by atoms with Crippen molar-refractivity contribution in [1.82, 2.24) is 4.90 Å². The lowest BCUT2D eigenvalue weighted by molar-refractivity contribution is 0.0963. The number of nitrogens with zero attached hydrogens (tertiary/aromatic N) is 2. The lowest BCUT2D eigenvalue weighted by Crippen LogP contribution is -2.30. The van der Waals surface area contributed by atoms with Crippen LogP contribution in [0.1, 0.15) is 12.0 Å². The van der Waals surface area contributed by atoms with Crippen LogP contribution in [-0.4, -0.2) is 61.1 Å². The molecule has 1 N–H and O–H groups in total. The third kappa shape index (κ3) is 5.11. The molecule has 0 aliphatic carbocycles. The minimum absolute atomic E-state index is 0.0669. The molecule has 0 aromatic heterocycles. The Balaban J connectivity index is 1.25. The molecule has 2 atom stereocenters. The van der Waals surface area contributed by atoms with Gasteiger partial charge in [0.1, 0.15) is 12.7 Å². The van der Waals surface area contributed by atoms with E-state index in [1.807, 2.05) is 30.3 Å². The van der Waals surface area contributed by atoms with Gasteiger partial charge in [0, 0.05) is 25.1 Å². The van der Waals surface area contributed by atoms with Crippen LogP contribution in [0.25, 0.3) is 0 Å². The van der Waals surface area contributed by atoms with E-state index in [0.717, 1.165) is 12.0 Å². The monoisotopic (exact) mass is 444 g/mol. The smallest absolute Gasteiger partial charge is 0.414 e. The van der Waals surface area contributed by atoms with E-state index in [9.17, 15) is 14.0 Å². The molecule has 2 saturated heterocycles. The summed E-state index contributed by atoms with van der Waals surface area (Å²) in [7, 11) is 0. The molecule has 2 amide bonds. The van der Waals surface area contributed by atoms with Crippen LogP contribution in [0, 0.1) is 11.7 Å². The normalized spacial score (nSPS) is 20.4. The van der Waals surface area contributed by atoms with Gasteiger partial charge in [0.15, 0.2) is 11.6 Å². The zero-order valence-electron chi connectivity index (χ0n) is 17.5. The van der Waals surface area contributed by atoms with E-state index < -0.39 is 18.0 Å². The van der Waals surface area contributed by atoms with E-state index in [1.165, 1.54) is 17.0 Å². The van der Waals surface area contributed by atoms with Crippen molar-refractivity contribution in [3.8, 4) is 5.75 Å². The van der Waals surface area contributed by atoms with Gasteiger partial charge in [-0.05, 0) is 24.1 Å². The highest BCUT2D eigenvalue weighted by Crippen LogP contribution is 2.28. The summed E-state index contributed by atoms with van der Waals surface area (Å²) in [5.74, 6) is -0.456. The Bertz CT molecular complexity index is 957. The van der Waals surface area contributed by atoms with E-state index in [-0.39, 0.29) is 44.1 Å². The zero-order chi connectivity index (χ0) is 22.5. The predicted molar refractivity (Wildman–Crippen MR) is 113 cm³/mol. The molecule has 9 heteroatoms. The fraction of sp³-hybridized carbons (Fsp3) is 0.391. The average molecular weight is 444 g/mol. The van der Waals surface area contributed by atoms with Crippen molar-refractivity contribution in [2.75, 3.05) is 37.7 Å². The molecular weight excluding hydrogens is 419 g/mol. The summed E-state index contributed by atoms with van der Waals surface area (Å²) in [4.78, 5) is 27.0. The van der Waals surface area contributed by atoms with E-state index in [0.29, 0.717) is 18.8 Å². The van der Waals surface area contributed by atoms with Gasteiger partial charge in [-0.15, -0.1) is 0 Å². The van der Waals surface area contributed by atoms with E-state index in [4.69, 9.17) is 19.3 Å². The molecule has 1 unspecified atom stereocenters. The van der Waals surface area contributed by atoms with Crippen molar-refractivity contribution in [2.24, 2.45) is 5.92 Å². The van der Waals surface area contributed by atoms with Crippen LogP contribution in [-0.2, 0) is 16.1 Å². The van der Waals surface area contributed by atoms with Gasteiger partial charge in [-0.2, -0.15) is 0 Å². The van der Waals surface area contributed by atoms with Crippen LogP contribution in [0.4, 0.5) is 19.7 Å². The van der Waals surface area contributed by atoms with Gasteiger partial charge in [0.25, 0.3) is 0 Å². The number of aliphatic hydroxyl groups excluding tert-OH is 1. The number of likely N-dealkylation sites (tertiary alicyclic amines) is 1. The fourth-order valence-electron chi connectivity index (χ4n) is 3.75. The van der Waals surface area contributed by atoms with Crippen molar-refractivity contribution < 1.29 is 33.3 Å². The quantitative estimate of drug-likeness (QED) is 0.706. The number of benzene rings is 2. The molecule has 2 aromatic rings. The molecule has 170 valence electrons. The molecule has 32 heavy (non-hydrogen) atoms. The van der Waals surface area contributed by atoms with Gasteiger partial charge in [0.05, 0.1) is 25.4 Å². The highest BCUT2D eigenvalue weighted by molar-refractivity contribution is 5.89. The van der Waals surface area contributed by atoms with Crippen molar-refractivity contribution in [3.63, 3.8) is 0 Å². The van der Waals surface area contributed by atoms with E-state index in [2.05, 4.69) is 0 Å². The Morgan fingerprint density at radius 1 is 1.19 bits per heavy atom. The molecule has 0 saturated carbocycles. The summed E-state index contributed by atoms with van der Waals surface area (Å²) in [5, 5.41) is 9.13. The molecule has 8 nitrogen and oxygen atoms in total. The van der Waals surface area contributed by atoms with Gasteiger partial charge in [-0.3, -0.25) is 4.90 Å². The largest absolute Gasteiger partial charge is 0.490 e. The molecule has 2 fully saturated rings. The number of carbonyl (C=O) groups excluding carboxylic acids is 2. The topological polar surface area (TPSA) is 88.5 Å². The predicted octanol–water partition coefficient (Wildman–Crippen LogP) is 3.18. The van der Waals surface area contributed by atoms with Gasteiger partial charge < -0.3 is 24.2 Å². The van der Waals surface area contributed by atoms with Crippen LogP contribution >= 0.6 is 0 Å². The summed E-state index contributed by atoms with van der Waals surface area (Å²) < 4.78 is 30.5. The fourth-order valence-corrected chi connectivity index (χ4v) is 3.75. The Hall–Kier alpha value is -3.33. The van der Waals surface area contributed by atoms with Gasteiger partial charge in [-0.25, -0.2) is 14.0 Å². The molecule has 0 radical (unpaired) electrons. The van der Waals surface area contributed by atoms with E-state index in [1.54, 1.807) is 11.0 Å². The molecule has 2 aliphatic rings. The number of ether oxygens (including phenoxy) is 3. The van der Waals surface area contributed by atoms with Crippen LogP contribution in [0.5, 0.6) is 5.75 Å². The number of hydrogen-bond donors (Lipinski definition) is 1. The first-order valence-electron chi connectivity index (χ1n) is 10.5. The van der Waals surface area contributed by atoms with Crippen molar-refractivity contribution >= 4 is 17.9 Å². The van der Waals surface area contributed by atoms with Crippen molar-refractivity contribution in [3.05, 3.63) is 59.9 Å². The van der Waals surface area contributed by atoms with Crippen LogP contribution in [0.2, 0.25) is 0 Å². The lowest BCUT2D eigenvalue weighted by atomic mass is 10.1. The Labute approximate surface area is 185 Å². The van der Waals surface area contributed by atoms with Gasteiger partial charge in [0.2, 0.25) is 0 Å². The molecule has 2 heterocycles. The SMILES string of the molecule is O=C(OCc1ccccc1)N1CCC(COc2ccc(N3C[C@H](CO)OC3=O)cc2F)C1. The summed E-state index contributed by atoms with van der Waals surface area (Å²) in [6.45, 7) is 1.40. The molecule has 0 bridgehead atoms. The number of hydrogen-bond acceptors (Lipinski definition) is 6. The van der Waals surface area contributed by atoms with E-state index >= 15 is 0 Å². The second-order valence-corrected chi connectivity index (χ2v) is 7.87. The second-order valence-electron chi connectivity index (χ2n) is 7.87. The minimum Gasteiger partial charge on any atom is -0.490 e. The summed E-state index contributed by atoms with van der Waals surface area (Å²) >= 11 is 0. The first kappa shape index (κ1) is 21.9. The molecule has 2 aliphatic heterocycles. The standard InChI is InChI=1S/C23H25FN2O6/c24-20-10-18(26-12-19(13-27)32-23(26)29)6-7-21(20)30-15-17-8-9-25(11-17)22(28)31-14-16-4-2-1-3-5-16/h1-7,10,17,19,27H,8-9,11-15H2/t17?,19-/m1/s1. The average Bonchev–Trinajstić information content (AvgIpc) is 3.44. The number of carbonyl (C=O) groups is 2. The Morgan fingerprint density at radius 3 is 2.72 bits per heavy atom. The maximum absolute atomic E-state index is 14.5. The third-order valence-electron chi connectivity index (χ3n) is 5.53. The third-order valence-corrected chi connectivity index (χ3v) is 5.53. The maximum atomic E-state index is 14.5. The molecule has 0 spiro atoms. The molecule has 2 aromatic carbocycles. The van der Waals surface area contributed by atoms with Crippen molar-refractivity contribution in [2.45, 2.75) is 19.1 Å². The number of rotatable bonds is 7. The highest BCUT2D eigenvalue weighted by atomic mass is 19.1. The first-order chi connectivity index (χ1) is 15.5. The van der Waals surface area contributed by atoms with Crippen molar-refractivity contribution in [1.29, 1.82) is 0 Å². The Morgan fingerprint density at radius 2 is 2.00 bits per heavy atom. The summed E-state index contributed by atoms with van der Waals surface area (Å²) in [6.07, 6.45) is -0.874. The summed E-state index contributed by atoms with van der Waals surface area (Å²) in [6, 6.07) is 13.7. The zero-order valence-corrected chi connectivity index (χ0v) is 17.5. The number of aliphatic hydroxyl groups is 1. The summed E-state index contributed by atoms with van der Waals surface area (Å²) in [5.41, 5.74) is 1.26. The van der Waals surface area contributed by atoms with Crippen LogP contribution in [0.15, 0.2) is 48.5 Å². The minimum atomic E-state index is -0.623. The highest BCUT2D eigenvalue weighted by Gasteiger charge is 2.32. The van der Waals surface area contributed by atoms with Gasteiger partial charge >= 0.3 is 12.2 Å². The van der Waals surface area contributed by atoms with Gasteiger partial charge in [-0.1, -0.05) is 30.3 Å². The van der Waals surface area contributed by atoms with Crippen LogP contribution < -0.4 is 9.64 Å². The molecular formula is C23H25FN2O6.